The van der Waals surface area contributed by atoms with Crippen molar-refractivity contribution in [2.45, 2.75) is 65.6 Å². The Morgan fingerprint density at radius 1 is 1.12 bits per heavy atom. The zero-order chi connectivity index (χ0) is 22.7. The minimum Gasteiger partial charge on any atom is -0.493 e. The smallest absolute Gasteiger partial charge is 0.122 e. The van der Waals surface area contributed by atoms with E-state index in [-0.39, 0.29) is 11.7 Å². The van der Waals surface area contributed by atoms with Crippen LogP contribution in [0.2, 0.25) is 0 Å². The maximum Gasteiger partial charge on any atom is 0.122 e. The van der Waals surface area contributed by atoms with Crippen molar-refractivity contribution in [3.63, 3.8) is 0 Å². The van der Waals surface area contributed by atoms with Crippen LogP contribution in [0.4, 0.5) is 0 Å². The normalized spacial score (nSPS) is 14.8. The van der Waals surface area contributed by atoms with Gasteiger partial charge in [-0.3, -0.25) is 4.98 Å². The number of hydrogen-bond donors (Lipinski definition) is 0. The van der Waals surface area contributed by atoms with Crippen LogP contribution in [0.1, 0.15) is 63.5 Å². The molecule has 1 aliphatic rings. The lowest BCUT2D eigenvalue weighted by Crippen LogP contribution is -2.26. The van der Waals surface area contributed by atoms with Gasteiger partial charge in [-0.1, -0.05) is 31.2 Å². The second-order valence-corrected chi connectivity index (χ2v) is 9.57. The van der Waals surface area contributed by atoms with Crippen LogP contribution in [-0.4, -0.2) is 30.4 Å². The van der Waals surface area contributed by atoms with Crippen molar-refractivity contribution >= 4 is 10.9 Å². The summed E-state index contributed by atoms with van der Waals surface area (Å²) in [6, 6.07) is 15.0. The summed E-state index contributed by atoms with van der Waals surface area (Å²) in [7, 11) is 0. The number of ether oxygens (including phenoxy) is 3. The summed E-state index contributed by atoms with van der Waals surface area (Å²) >= 11 is 0. The molecule has 1 aliphatic heterocycles. The lowest BCUT2D eigenvalue weighted by Gasteiger charge is -2.31. The fourth-order valence-electron chi connectivity index (χ4n) is 4.51. The van der Waals surface area contributed by atoms with Crippen molar-refractivity contribution in [2.24, 2.45) is 0 Å². The van der Waals surface area contributed by atoms with Gasteiger partial charge < -0.3 is 14.2 Å². The largest absolute Gasteiger partial charge is 0.493 e. The van der Waals surface area contributed by atoms with E-state index in [9.17, 15) is 0 Å². The molecule has 32 heavy (non-hydrogen) atoms. The van der Waals surface area contributed by atoms with Crippen LogP contribution in [0.15, 0.2) is 42.5 Å². The first-order chi connectivity index (χ1) is 15.4. The van der Waals surface area contributed by atoms with Gasteiger partial charge in [-0.05, 0) is 81.8 Å². The lowest BCUT2D eigenvalue weighted by molar-refractivity contribution is -0.0949. The molecule has 0 bridgehead atoms. The summed E-state index contributed by atoms with van der Waals surface area (Å²) in [5.74, 6) is 1.01. The van der Waals surface area contributed by atoms with E-state index in [2.05, 4.69) is 71.0 Å². The van der Waals surface area contributed by atoms with Gasteiger partial charge in [-0.15, -0.1) is 0 Å². The van der Waals surface area contributed by atoms with Gasteiger partial charge in [0.25, 0.3) is 0 Å². The molecule has 0 N–H and O–H groups in total. The van der Waals surface area contributed by atoms with Crippen LogP contribution in [-0.2, 0) is 15.9 Å². The Balaban J connectivity index is 1.92. The Labute approximate surface area is 191 Å². The van der Waals surface area contributed by atoms with Crippen molar-refractivity contribution in [1.82, 2.24) is 4.98 Å². The predicted octanol–water partition coefficient (Wildman–Crippen LogP) is 6.82. The Kier molecular flexibility index (Phi) is 6.82. The average molecular weight is 434 g/mol. The third kappa shape index (κ3) is 4.97. The first-order valence-electron chi connectivity index (χ1n) is 11.8. The second-order valence-electron chi connectivity index (χ2n) is 9.57. The summed E-state index contributed by atoms with van der Waals surface area (Å²) in [5.41, 5.74) is 6.45. The minimum absolute atomic E-state index is 0.207. The highest BCUT2D eigenvalue weighted by Crippen LogP contribution is 2.41. The second kappa shape index (κ2) is 9.60. The monoisotopic (exact) mass is 433 g/mol. The molecule has 0 saturated heterocycles. The summed E-state index contributed by atoms with van der Waals surface area (Å²) < 4.78 is 18.5. The molecule has 0 spiro atoms. The Morgan fingerprint density at radius 3 is 2.72 bits per heavy atom. The van der Waals surface area contributed by atoms with Gasteiger partial charge in [0, 0.05) is 23.3 Å². The molecule has 1 atom stereocenters. The Morgan fingerprint density at radius 2 is 1.94 bits per heavy atom. The maximum absolute atomic E-state index is 6.59. The first kappa shape index (κ1) is 22.8. The molecular weight excluding hydrogens is 398 g/mol. The van der Waals surface area contributed by atoms with E-state index in [0.29, 0.717) is 6.61 Å². The number of aryl methyl sites for hydroxylation is 2. The molecule has 2 heterocycles. The van der Waals surface area contributed by atoms with Crippen LogP contribution in [0.5, 0.6) is 5.75 Å². The van der Waals surface area contributed by atoms with Crippen LogP contribution >= 0.6 is 0 Å². The molecule has 0 amide bonds. The van der Waals surface area contributed by atoms with Gasteiger partial charge >= 0.3 is 0 Å². The summed E-state index contributed by atoms with van der Waals surface area (Å²) in [6.07, 6.45) is 2.87. The molecule has 1 aromatic heterocycles. The van der Waals surface area contributed by atoms with Crippen LogP contribution in [0.3, 0.4) is 0 Å². The molecule has 0 unspecified atom stereocenters. The molecule has 0 aliphatic carbocycles. The number of para-hydroxylation sites is 1. The van der Waals surface area contributed by atoms with E-state index in [1.807, 2.05) is 6.07 Å². The van der Waals surface area contributed by atoms with Crippen molar-refractivity contribution in [3.05, 3.63) is 59.3 Å². The number of nitrogens with zero attached hydrogens (tertiary/aromatic N) is 1. The highest BCUT2D eigenvalue weighted by Gasteiger charge is 2.27. The third-order valence-electron chi connectivity index (χ3n) is 5.75. The summed E-state index contributed by atoms with van der Waals surface area (Å²) in [4.78, 5) is 4.97. The summed E-state index contributed by atoms with van der Waals surface area (Å²) in [5, 5.41) is 1.14. The number of hydrogen-bond acceptors (Lipinski definition) is 4. The highest BCUT2D eigenvalue weighted by molar-refractivity contribution is 5.97. The summed E-state index contributed by atoms with van der Waals surface area (Å²) in [6.45, 7) is 12.5. The minimum atomic E-state index is -0.306. The van der Waals surface area contributed by atoms with E-state index in [0.717, 1.165) is 60.4 Å². The van der Waals surface area contributed by atoms with Crippen LogP contribution in [0.25, 0.3) is 22.0 Å². The SMILES string of the molecule is CCCOC[C@@H](OC(C)(C)C)c1c(C)nc2ccccc2c1-c1ccc2c(c1)CCCO2. The van der Waals surface area contributed by atoms with Crippen LogP contribution < -0.4 is 4.74 Å². The fraction of sp³-hybridized carbons (Fsp3) is 0.464. The Bertz CT molecular complexity index is 1080. The molecule has 170 valence electrons. The zero-order valence-electron chi connectivity index (χ0n) is 20.0. The van der Waals surface area contributed by atoms with E-state index >= 15 is 0 Å². The molecule has 2 aromatic carbocycles. The topological polar surface area (TPSA) is 40.6 Å². The van der Waals surface area contributed by atoms with E-state index in [1.165, 1.54) is 16.7 Å². The van der Waals surface area contributed by atoms with E-state index in [1.54, 1.807) is 0 Å². The van der Waals surface area contributed by atoms with E-state index in [4.69, 9.17) is 19.2 Å². The quantitative estimate of drug-likeness (QED) is 0.383. The van der Waals surface area contributed by atoms with Crippen molar-refractivity contribution in [3.8, 4) is 16.9 Å². The molecule has 0 fully saturated rings. The van der Waals surface area contributed by atoms with Gasteiger partial charge in [0.1, 0.15) is 11.9 Å². The molecule has 0 radical (unpaired) electrons. The predicted molar refractivity (Wildman–Crippen MR) is 130 cm³/mol. The van der Waals surface area contributed by atoms with Gasteiger partial charge in [0.15, 0.2) is 0 Å². The Hall–Kier alpha value is -2.43. The van der Waals surface area contributed by atoms with Crippen molar-refractivity contribution in [2.75, 3.05) is 19.8 Å². The molecule has 3 aromatic rings. The molecular formula is C28H35NO3. The molecule has 4 nitrogen and oxygen atoms in total. The number of pyridine rings is 1. The van der Waals surface area contributed by atoms with Gasteiger partial charge in [0.2, 0.25) is 0 Å². The van der Waals surface area contributed by atoms with Crippen molar-refractivity contribution in [1.29, 1.82) is 0 Å². The number of fused-ring (bicyclic) bond motifs is 2. The lowest BCUT2D eigenvalue weighted by atomic mass is 9.89. The van der Waals surface area contributed by atoms with Crippen LogP contribution in [0, 0.1) is 6.92 Å². The number of aromatic nitrogens is 1. The third-order valence-corrected chi connectivity index (χ3v) is 5.75. The first-order valence-corrected chi connectivity index (χ1v) is 11.8. The number of benzene rings is 2. The average Bonchev–Trinajstić information content (AvgIpc) is 2.76. The van der Waals surface area contributed by atoms with Gasteiger partial charge in [-0.25, -0.2) is 0 Å². The maximum atomic E-state index is 6.59. The highest BCUT2D eigenvalue weighted by atomic mass is 16.5. The zero-order valence-corrected chi connectivity index (χ0v) is 20.0. The van der Waals surface area contributed by atoms with E-state index < -0.39 is 0 Å². The molecule has 0 saturated carbocycles. The molecule has 4 heteroatoms. The molecule has 4 rings (SSSR count). The standard InChI is InChI=1S/C28H35NO3/c1-6-15-30-18-25(32-28(3,4)5)26-19(2)29-23-12-8-7-11-22(23)27(26)21-13-14-24-20(17-21)10-9-16-31-24/h7-8,11-14,17,25H,6,9-10,15-16,18H2,1-5H3/t25-/m1/s1. The van der Waals surface area contributed by atoms with Gasteiger partial charge in [-0.2, -0.15) is 0 Å². The number of rotatable bonds is 7. The van der Waals surface area contributed by atoms with Crippen molar-refractivity contribution < 1.29 is 14.2 Å². The fourth-order valence-corrected chi connectivity index (χ4v) is 4.51. The van der Waals surface area contributed by atoms with Gasteiger partial charge in [0.05, 0.1) is 24.3 Å².